The number of nitrogens with two attached hydrogens (primary N) is 1. The molecule has 1 saturated heterocycles. The van der Waals surface area contributed by atoms with Gasteiger partial charge in [0.15, 0.2) is 6.61 Å². The molecule has 2 aromatic carbocycles. The topological polar surface area (TPSA) is 119 Å². The van der Waals surface area contributed by atoms with Crippen LogP contribution in [0, 0.1) is 5.92 Å². The minimum absolute atomic E-state index is 0.139. The van der Waals surface area contributed by atoms with E-state index in [9.17, 15) is 18.0 Å². The van der Waals surface area contributed by atoms with Gasteiger partial charge in [0.2, 0.25) is 15.9 Å². The summed E-state index contributed by atoms with van der Waals surface area (Å²) >= 11 is 0. The molecule has 8 nitrogen and oxygen atoms in total. The van der Waals surface area contributed by atoms with Crippen molar-refractivity contribution < 1.29 is 22.7 Å². The third-order valence-corrected chi connectivity index (χ3v) is 7.10. The average molecular weight is 446 g/mol. The lowest BCUT2D eigenvalue weighted by atomic mass is 10.0. The van der Waals surface area contributed by atoms with Crippen molar-refractivity contribution in [3.05, 3.63) is 54.1 Å². The van der Waals surface area contributed by atoms with Crippen molar-refractivity contribution >= 4 is 27.5 Å². The molecule has 2 aromatic rings. The molecule has 1 aliphatic heterocycles. The van der Waals surface area contributed by atoms with Crippen LogP contribution in [-0.4, -0.2) is 44.2 Å². The van der Waals surface area contributed by atoms with E-state index in [1.54, 1.807) is 36.4 Å². The number of carbonyl (C=O) groups is 2. The van der Waals surface area contributed by atoms with Crippen molar-refractivity contribution in [1.29, 1.82) is 0 Å². The molecular formula is C22H27N3O5S. The molecule has 0 atom stereocenters. The lowest BCUT2D eigenvalue weighted by Crippen LogP contribution is -2.37. The largest absolute Gasteiger partial charge is 0.484 e. The van der Waals surface area contributed by atoms with Gasteiger partial charge in [0.1, 0.15) is 5.75 Å². The van der Waals surface area contributed by atoms with Crippen LogP contribution in [0.5, 0.6) is 5.75 Å². The zero-order chi connectivity index (χ0) is 22.4. The molecule has 0 unspecified atom stereocenters. The number of hydrogen-bond acceptors (Lipinski definition) is 5. The van der Waals surface area contributed by atoms with Crippen LogP contribution in [0.1, 0.15) is 25.3 Å². The van der Waals surface area contributed by atoms with Crippen LogP contribution in [-0.2, 0) is 26.0 Å². The smallest absolute Gasteiger partial charge is 0.262 e. The van der Waals surface area contributed by atoms with Gasteiger partial charge in [-0.15, -0.1) is 0 Å². The van der Waals surface area contributed by atoms with Gasteiger partial charge in [0.05, 0.1) is 11.3 Å². The monoisotopic (exact) mass is 445 g/mol. The SMILES string of the molecule is CC1CCN(S(=O)(=O)c2ccc(OCC(=O)Nc3ccc(CC(N)=O)cc3)cc2)CC1. The van der Waals surface area contributed by atoms with Crippen molar-refractivity contribution in [2.45, 2.75) is 31.1 Å². The summed E-state index contributed by atoms with van der Waals surface area (Å²) < 4.78 is 32.5. The van der Waals surface area contributed by atoms with Crippen molar-refractivity contribution in [2.75, 3.05) is 25.0 Å². The summed E-state index contributed by atoms with van der Waals surface area (Å²) in [6.07, 6.45) is 1.87. The Balaban J connectivity index is 1.51. The molecule has 1 aliphatic rings. The predicted octanol–water partition coefficient (Wildman–Crippen LogP) is 2.15. The van der Waals surface area contributed by atoms with Gasteiger partial charge in [0.25, 0.3) is 5.91 Å². The van der Waals surface area contributed by atoms with E-state index in [2.05, 4.69) is 12.2 Å². The van der Waals surface area contributed by atoms with Gasteiger partial charge in [-0.3, -0.25) is 9.59 Å². The number of primary amides is 1. The van der Waals surface area contributed by atoms with Crippen LogP contribution < -0.4 is 15.8 Å². The molecule has 31 heavy (non-hydrogen) atoms. The molecule has 3 N–H and O–H groups in total. The summed E-state index contributed by atoms with van der Waals surface area (Å²) in [6.45, 7) is 2.97. The lowest BCUT2D eigenvalue weighted by molar-refractivity contribution is -0.118. The molecule has 2 amide bonds. The summed E-state index contributed by atoms with van der Waals surface area (Å²) in [6, 6.07) is 12.9. The van der Waals surface area contributed by atoms with Crippen molar-refractivity contribution in [3.8, 4) is 5.75 Å². The van der Waals surface area contributed by atoms with E-state index >= 15 is 0 Å². The van der Waals surface area contributed by atoms with Gasteiger partial charge in [0, 0.05) is 18.8 Å². The molecule has 0 radical (unpaired) electrons. The van der Waals surface area contributed by atoms with Gasteiger partial charge >= 0.3 is 0 Å². The molecule has 0 aromatic heterocycles. The van der Waals surface area contributed by atoms with Crippen molar-refractivity contribution in [3.63, 3.8) is 0 Å². The Hall–Kier alpha value is -2.91. The number of piperidine rings is 1. The minimum Gasteiger partial charge on any atom is -0.484 e. The first-order valence-corrected chi connectivity index (χ1v) is 11.6. The van der Waals surface area contributed by atoms with Crippen molar-refractivity contribution in [1.82, 2.24) is 4.31 Å². The molecule has 0 spiro atoms. The van der Waals surface area contributed by atoms with E-state index < -0.39 is 15.9 Å². The molecule has 166 valence electrons. The lowest BCUT2D eigenvalue weighted by Gasteiger charge is -2.29. The number of nitrogens with zero attached hydrogens (tertiary/aromatic N) is 1. The fraction of sp³-hybridized carbons (Fsp3) is 0.364. The van der Waals surface area contributed by atoms with Gasteiger partial charge in [-0.25, -0.2) is 8.42 Å². The van der Waals surface area contributed by atoms with E-state index in [0.717, 1.165) is 18.4 Å². The second kappa shape index (κ2) is 9.93. The molecule has 3 rings (SSSR count). The Labute approximate surface area is 182 Å². The first-order chi connectivity index (χ1) is 14.7. The molecule has 0 bridgehead atoms. The van der Waals surface area contributed by atoms with Crippen molar-refractivity contribution in [2.24, 2.45) is 11.7 Å². The summed E-state index contributed by atoms with van der Waals surface area (Å²) in [4.78, 5) is 23.2. The quantitative estimate of drug-likeness (QED) is 0.645. The second-order valence-corrected chi connectivity index (χ2v) is 9.67. The Morgan fingerprint density at radius 3 is 2.26 bits per heavy atom. The number of ether oxygens (including phenoxy) is 1. The van der Waals surface area contributed by atoms with Crippen LogP contribution >= 0.6 is 0 Å². The van der Waals surface area contributed by atoms with Crippen LogP contribution in [0.25, 0.3) is 0 Å². The highest BCUT2D eigenvalue weighted by Crippen LogP contribution is 2.24. The van der Waals surface area contributed by atoms with Crippen LogP contribution in [0.4, 0.5) is 5.69 Å². The standard InChI is InChI=1S/C22H27N3O5S/c1-16-10-12-25(13-11-16)31(28,29)20-8-6-19(7-9-20)30-15-22(27)24-18-4-2-17(3-5-18)14-21(23)26/h2-9,16H,10-15H2,1H3,(H2,23,26)(H,24,27). The zero-order valence-electron chi connectivity index (χ0n) is 17.4. The maximum absolute atomic E-state index is 12.8. The highest BCUT2D eigenvalue weighted by Gasteiger charge is 2.27. The van der Waals surface area contributed by atoms with E-state index in [1.807, 2.05) is 0 Å². The third-order valence-electron chi connectivity index (χ3n) is 5.19. The minimum atomic E-state index is -3.52. The van der Waals surface area contributed by atoms with Gasteiger partial charge in [-0.1, -0.05) is 19.1 Å². The van der Waals surface area contributed by atoms with Crippen LogP contribution in [0.15, 0.2) is 53.4 Å². The van der Waals surface area contributed by atoms with Gasteiger partial charge in [-0.2, -0.15) is 4.31 Å². The Kier molecular flexibility index (Phi) is 7.29. The second-order valence-electron chi connectivity index (χ2n) is 7.73. The number of rotatable bonds is 8. The van der Waals surface area contributed by atoms with Gasteiger partial charge < -0.3 is 15.8 Å². The molecule has 1 heterocycles. The molecule has 0 saturated carbocycles. The first-order valence-electron chi connectivity index (χ1n) is 10.1. The number of sulfonamides is 1. The molecule has 0 aliphatic carbocycles. The maximum Gasteiger partial charge on any atom is 0.262 e. The molecular weight excluding hydrogens is 418 g/mol. The summed E-state index contributed by atoms with van der Waals surface area (Å²) in [5, 5.41) is 2.69. The highest BCUT2D eigenvalue weighted by atomic mass is 32.2. The highest BCUT2D eigenvalue weighted by molar-refractivity contribution is 7.89. The Morgan fingerprint density at radius 2 is 1.68 bits per heavy atom. The number of nitrogens with one attached hydrogen (secondary N) is 1. The number of anilines is 1. The van der Waals surface area contributed by atoms with Crippen LogP contribution in [0.3, 0.4) is 0 Å². The zero-order valence-corrected chi connectivity index (χ0v) is 18.2. The number of carbonyl (C=O) groups excluding carboxylic acids is 2. The fourth-order valence-electron chi connectivity index (χ4n) is 3.34. The number of amides is 2. The Bertz CT molecular complexity index is 1010. The summed E-state index contributed by atoms with van der Waals surface area (Å²) in [5.74, 6) is 0.163. The van der Waals surface area contributed by atoms with E-state index in [-0.39, 0.29) is 23.8 Å². The number of hydrogen-bond donors (Lipinski definition) is 2. The average Bonchev–Trinajstić information content (AvgIpc) is 2.74. The summed E-state index contributed by atoms with van der Waals surface area (Å²) in [5.41, 5.74) is 6.48. The molecule has 9 heteroatoms. The van der Waals surface area contributed by atoms with E-state index in [4.69, 9.17) is 10.5 Å². The van der Waals surface area contributed by atoms with E-state index in [0.29, 0.717) is 30.4 Å². The van der Waals surface area contributed by atoms with Crippen LogP contribution in [0.2, 0.25) is 0 Å². The van der Waals surface area contributed by atoms with E-state index in [1.165, 1.54) is 16.4 Å². The normalized spacial score (nSPS) is 15.4. The first kappa shape index (κ1) is 22.8. The predicted molar refractivity (Wildman–Crippen MR) is 117 cm³/mol. The number of benzene rings is 2. The Morgan fingerprint density at radius 1 is 1.06 bits per heavy atom. The molecule has 1 fully saturated rings. The fourth-order valence-corrected chi connectivity index (χ4v) is 4.80. The van der Waals surface area contributed by atoms with Gasteiger partial charge in [-0.05, 0) is 60.7 Å². The summed E-state index contributed by atoms with van der Waals surface area (Å²) in [7, 11) is -3.52. The maximum atomic E-state index is 12.8. The third kappa shape index (κ3) is 6.28.